The minimum atomic E-state index is 0.490. The van der Waals surface area contributed by atoms with Crippen LogP contribution in [0.1, 0.15) is 58.3 Å². The van der Waals surface area contributed by atoms with Crippen LogP contribution in [0.5, 0.6) is 0 Å². The minimum Gasteiger partial charge on any atom is -0.377 e. The van der Waals surface area contributed by atoms with Crippen LogP contribution in [0.3, 0.4) is 0 Å². The molecule has 0 aromatic carbocycles. The van der Waals surface area contributed by atoms with Gasteiger partial charge in [-0.25, -0.2) is 0 Å². The van der Waals surface area contributed by atoms with Gasteiger partial charge in [-0.1, -0.05) is 19.8 Å². The summed E-state index contributed by atoms with van der Waals surface area (Å²) in [7, 11) is 0. The van der Waals surface area contributed by atoms with Crippen molar-refractivity contribution in [2.24, 2.45) is 5.41 Å². The standard InChI is InChI=1S/C14H27NO/c1-2-14(8-4-5-9-14)12-15-11-13-7-3-6-10-16-13/h13,15H,2-12H2,1H3. The van der Waals surface area contributed by atoms with E-state index in [1.165, 1.54) is 57.9 Å². The Morgan fingerprint density at radius 1 is 1.19 bits per heavy atom. The molecule has 0 amide bonds. The molecular weight excluding hydrogens is 198 g/mol. The van der Waals surface area contributed by atoms with E-state index in [0.29, 0.717) is 11.5 Å². The van der Waals surface area contributed by atoms with Crippen LogP contribution in [0.25, 0.3) is 0 Å². The van der Waals surface area contributed by atoms with Crippen LogP contribution < -0.4 is 5.32 Å². The van der Waals surface area contributed by atoms with Gasteiger partial charge in [0.05, 0.1) is 6.10 Å². The molecule has 1 aliphatic carbocycles. The van der Waals surface area contributed by atoms with Crippen molar-refractivity contribution in [3.8, 4) is 0 Å². The highest BCUT2D eigenvalue weighted by Crippen LogP contribution is 2.40. The van der Waals surface area contributed by atoms with Crippen LogP contribution in [0.4, 0.5) is 0 Å². The van der Waals surface area contributed by atoms with Crippen LogP contribution in [0, 0.1) is 5.41 Å². The van der Waals surface area contributed by atoms with E-state index in [9.17, 15) is 0 Å². The van der Waals surface area contributed by atoms with Gasteiger partial charge in [0.15, 0.2) is 0 Å². The van der Waals surface area contributed by atoms with Crippen molar-refractivity contribution in [1.29, 1.82) is 0 Å². The maximum absolute atomic E-state index is 5.75. The molecule has 0 spiro atoms. The predicted molar refractivity (Wildman–Crippen MR) is 67.7 cm³/mol. The summed E-state index contributed by atoms with van der Waals surface area (Å²) in [4.78, 5) is 0. The van der Waals surface area contributed by atoms with E-state index >= 15 is 0 Å². The Morgan fingerprint density at radius 2 is 2.00 bits per heavy atom. The second-order valence-corrected chi connectivity index (χ2v) is 5.68. The molecule has 0 aromatic heterocycles. The maximum Gasteiger partial charge on any atom is 0.0699 e. The van der Waals surface area contributed by atoms with Crippen molar-refractivity contribution < 1.29 is 4.74 Å². The van der Waals surface area contributed by atoms with E-state index < -0.39 is 0 Å². The molecule has 1 unspecified atom stereocenters. The lowest BCUT2D eigenvalue weighted by atomic mass is 9.83. The molecule has 2 rings (SSSR count). The zero-order chi connectivity index (χ0) is 11.3. The van der Waals surface area contributed by atoms with E-state index in [1.54, 1.807) is 0 Å². The normalized spacial score (nSPS) is 29.4. The van der Waals surface area contributed by atoms with E-state index in [1.807, 2.05) is 0 Å². The van der Waals surface area contributed by atoms with E-state index in [4.69, 9.17) is 4.74 Å². The zero-order valence-corrected chi connectivity index (χ0v) is 10.8. The van der Waals surface area contributed by atoms with Crippen LogP contribution in [0.2, 0.25) is 0 Å². The van der Waals surface area contributed by atoms with E-state index in [2.05, 4.69) is 12.2 Å². The fraction of sp³-hybridized carbons (Fsp3) is 1.00. The summed E-state index contributed by atoms with van der Waals surface area (Å²) >= 11 is 0. The molecule has 1 atom stereocenters. The Bertz CT molecular complexity index is 193. The molecule has 2 fully saturated rings. The molecule has 2 heteroatoms. The smallest absolute Gasteiger partial charge is 0.0699 e. The third kappa shape index (κ3) is 3.21. The predicted octanol–water partition coefficient (Wildman–Crippen LogP) is 3.12. The van der Waals surface area contributed by atoms with Crippen molar-refractivity contribution >= 4 is 0 Å². The second-order valence-electron chi connectivity index (χ2n) is 5.68. The molecule has 0 bridgehead atoms. The number of hydrogen-bond donors (Lipinski definition) is 1. The zero-order valence-electron chi connectivity index (χ0n) is 10.8. The average molecular weight is 225 g/mol. The molecule has 2 aliphatic rings. The molecule has 2 nitrogen and oxygen atoms in total. The minimum absolute atomic E-state index is 0.490. The van der Waals surface area contributed by atoms with Crippen LogP contribution in [-0.2, 0) is 4.74 Å². The lowest BCUT2D eigenvalue weighted by Crippen LogP contribution is -2.38. The first-order chi connectivity index (χ1) is 7.85. The van der Waals surface area contributed by atoms with Gasteiger partial charge in [0.25, 0.3) is 0 Å². The van der Waals surface area contributed by atoms with Gasteiger partial charge < -0.3 is 10.1 Å². The van der Waals surface area contributed by atoms with Crippen molar-refractivity contribution in [2.45, 2.75) is 64.4 Å². The molecule has 0 aromatic rings. The third-order valence-electron chi connectivity index (χ3n) is 4.56. The first-order valence-electron chi connectivity index (χ1n) is 7.17. The number of rotatable bonds is 5. The second kappa shape index (κ2) is 6.02. The Morgan fingerprint density at radius 3 is 2.62 bits per heavy atom. The van der Waals surface area contributed by atoms with E-state index in [-0.39, 0.29) is 0 Å². The number of nitrogens with one attached hydrogen (secondary N) is 1. The molecular formula is C14H27NO. The molecule has 1 saturated heterocycles. The molecule has 1 N–H and O–H groups in total. The van der Waals surface area contributed by atoms with Crippen molar-refractivity contribution in [3.63, 3.8) is 0 Å². The van der Waals surface area contributed by atoms with Gasteiger partial charge >= 0.3 is 0 Å². The first-order valence-corrected chi connectivity index (χ1v) is 7.17. The summed E-state index contributed by atoms with van der Waals surface area (Å²) < 4.78 is 5.75. The molecule has 1 heterocycles. The Kier molecular flexibility index (Phi) is 4.66. The summed E-state index contributed by atoms with van der Waals surface area (Å²) in [5.41, 5.74) is 0.620. The quantitative estimate of drug-likeness (QED) is 0.776. The highest BCUT2D eigenvalue weighted by molar-refractivity contribution is 4.85. The lowest BCUT2D eigenvalue weighted by molar-refractivity contribution is 0.0153. The fourth-order valence-corrected chi connectivity index (χ4v) is 3.25. The summed E-state index contributed by atoms with van der Waals surface area (Å²) in [5, 5.41) is 3.66. The van der Waals surface area contributed by atoms with Crippen molar-refractivity contribution in [2.75, 3.05) is 19.7 Å². The van der Waals surface area contributed by atoms with Gasteiger partial charge in [-0.2, -0.15) is 0 Å². The lowest BCUT2D eigenvalue weighted by Gasteiger charge is -2.30. The molecule has 1 aliphatic heterocycles. The van der Waals surface area contributed by atoms with Gasteiger partial charge in [-0.3, -0.25) is 0 Å². The van der Waals surface area contributed by atoms with Gasteiger partial charge in [-0.05, 0) is 43.9 Å². The molecule has 0 radical (unpaired) electrons. The maximum atomic E-state index is 5.75. The fourth-order valence-electron chi connectivity index (χ4n) is 3.25. The Hall–Kier alpha value is -0.0800. The number of hydrogen-bond acceptors (Lipinski definition) is 2. The van der Waals surface area contributed by atoms with Crippen molar-refractivity contribution in [3.05, 3.63) is 0 Å². The highest BCUT2D eigenvalue weighted by Gasteiger charge is 2.31. The SMILES string of the molecule is CCC1(CNCC2CCCCO2)CCCC1. The van der Waals surface area contributed by atoms with Gasteiger partial charge in [0, 0.05) is 19.7 Å². The highest BCUT2D eigenvalue weighted by atomic mass is 16.5. The molecule has 16 heavy (non-hydrogen) atoms. The van der Waals surface area contributed by atoms with Gasteiger partial charge in [0.1, 0.15) is 0 Å². The largest absolute Gasteiger partial charge is 0.377 e. The van der Waals surface area contributed by atoms with Gasteiger partial charge in [0.2, 0.25) is 0 Å². The Labute approximate surface area is 100 Å². The number of ether oxygens (including phenoxy) is 1. The monoisotopic (exact) mass is 225 g/mol. The van der Waals surface area contributed by atoms with Crippen molar-refractivity contribution in [1.82, 2.24) is 5.32 Å². The first kappa shape index (κ1) is 12.4. The molecule has 94 valence electrons. The summed E-state index contributed by atoms with van der Waals surface area (Å²) in [6.45, 7) is 5.61. The third-order valence-corrected chi connectivity index (χ3v) is 4.56. The van der Waals surface area contributed by atoms with E-state index in [0.717, 1.165) is 13.2 Å². The summed E-state index contributed by atoms with van der Waals surface area (Å²) in [5.74, 6) is 0. The summed E-state index contributed by atoms with van der Waals surface area (Å²) in [6, 6.07) is 0. The van der Waals surface area contributed by atoms with Crippen LogP contribution in [0.15, 0.2) is 0 Å². The van der Waals surface area contributed by atoms with Gasteiger partial charge in [-0.15, -0.1) is 0 Å². The van der Waals surface area contributed by atoms with Crippen LogP contribution >= 0.6 is 0 Å². The Balaban J connectivity index is 1.66. The average Bonchev–Trinajstić information content (AvgIpc) is 2.80. The molecule has 1 saturated carbocycles. The topological polar surface area (TPSA) is 21.3 Å². The van der Waals surface area contributed by atoms with Crippen LogP contribution in [-0.4, -0.2) is 25.8 Å². The summed E-state index contributed by atoms with van der Waals surface area (Å²) in [6.07, 6.45) is 11.4.